The first-order chi connectivity index (χ1) is 9.74. The zero-order valence-electron chi connectivity index (χ0n) is 11.7. The second-order valence-electron chi connectivity index (χ2n) is 4.68. The molecule has 108 valence electrons. The largest absolute Gasteiger partial charge is 0.490 e. The monoisotopic (exact) mass is 275 g/mol. The van der Waals surface area contributed by atoms with Crippen LogP contribution in [0.5, 0.6) is 5.75 Å². The number of aliphatic hydroxyl groups is 1. The Morgan fingerprint density at radius 2 is 1.90 bits per heavy atom. The van der Waals surface area contributed by atoms with Crippen molar-refractivity contribution in [2.24, 2.45) is 5.73 Å². The number of aliphatic hydroxyl groups excluding tert-OH is 1. The van der Waals surface area contributed by atoms with E-state index >= 15 is 0 Å². The van der Waals surface area contributed by atoms with Crippen molar-refractivity contribution in [1.82, 2.24) is 0 Å². The topological polar surface area (TPSA) is 64.7 Å². The highest BCUT2D eigenvalue weighted by Crippen LogP contribution is 2.32. The molecule has 0 radical (unpaired) electrons. The van der Waals surface area contributed by atoms with Gasteiger partial charge in [-0.25, -0.2) is 0 Å². The summed E-state index contributed by atoms with van der Waals surface area (Å²) in [5.41, 5.74) is 7.00. The van der Waals surface area contributed by atoms with Crippen molar-refractivity contribution >= 4 is 10.8 Å². The molecule has 2 rings (SSSR count). The van der Waals surface area contributed by atoms with E-state index in [1.54, 1.807) is 0 Å². The summed E-state index contributed by atoms with van der Waals surface area (Å²) in [5, 5.41) is 10.8. The minimum Gasteiger partial charge on any atom is -0.490 e. The van der Waals surface area contributed by atoms with Crippen LogP contribution in [0.4, 0.5) is 0 Å². The van der Waals surface area contributed by atoms with Gasteiger partial charge in [-0.3, -0.25) is 0 Å². The van der Waals surface area contributed by atoms with E-state index < -0.39 is 0 Å². The molecule has 0 aromatic heterocycles. The van der Waals surface area contributed by atoms with Gasteiger partial charge in [0.15, 0.2) is 0 Å². The zero-order chi connectivity index (χ0) is 14.4. The molecular formula is C16H21NO3. The van der Waals surface area contributed by atoms with E-state index in [4.69, 9.17) is 20.3 Å². The average Bonchev–Trinajstić information content (AvgIpc) is 2.46. The molecule has 0 spiro atoms. The first-order valence-electron chi connectivity index (χ1n) is 6.82. The highest BCUT2D eigenvalue weighted by atomic mass is 16.5. The quantitative estimate of drug-likeness (QED) is 0.761. The molecule has 4 heteroatoms. The summed E-state index contributed by atoms with van der Waals surface area (Å²) >= 11 is 0. The van der Waals surface area contributed by atoms with Gasteiger partial charge in [-0.15, -0.1) is 0 Å². The molecular weight excluding hydrogens is 254 g/mol. The lowest BCUT2D eigenvalue weighted by molar-refractivity contribution is 0.0706. The number of nitrogens with two attached hydrogens (primary N) is 1. The van der Waals surface area contributed by atoms with Gasteiger partial charge < -0.3 is 20.3 Å². The smallest absolute Gasteiger partial charge is 0.131 e. The molecule has 2 aromatic rings. The van der Waals surface area contributed by atoms with Gasteiger partial charge in [0.05, 0.1) is 19.8 Å². The number of rotatable bonds is 7. The van der Waals surface area contributed by atoms with Crippen LogP contribution in [-0.2, 0) is 4.74 Å². The molecule has 0 unspecified atom stereocenters. The molecule has 0 saturated carbocycles. The van der Waals surface area contributed by atoms with E-state index in [-0.39, 0.29) is 12.6 Å². The lowest BCUT2D eigenvalue weighted by atomic mass is 10.0. The fourth-order valence-corrected chi connectivity index (χ4v) is 2.15. The van der Waals surface area contributed by atoms with Gasteiger partial charge in [0.25, 0.3) is 0 Å². The number of ether oxygens (including phenoxy) is 2. The second-order valence-corrected chi connectivity index (χ2v) is 4.68. The van der Waals surface area contributed by atoms with E-state index in [1.165, 1.54) is 0 Å². The van der Waals surface area contributed by atoms with Gasteiger partial charge in [0, 0.05) is 17.0 Å². The molecule has 1 atom stereocenters. The predicted molar refractivity (Wildman–Crippen MR) is 80.0 cm³/mol. The van der Waals surface area contributed by atoms with Crippen LogP contribution < -0.4 is 10.5 Å². The van der Waals surface area contributed by atoms with Crippen molar-refractivity contribution in [3.63, 3.8) is 0 Å². The highest BCUT2D eigenvalue weighted by molar-refractivity contribution is 5.89. The maximum absolute atomic E-state index is 8.66. The van der Waals surface area contributed by atoms with Gasteiger partial charge in [-0.2, -0.15) is 0 Å². The third-order valence-corrected chi connectivity index (χ3v) is 3.11. The SMILES string of the molecule is C[C@H](N)c1ccc2ccccc2c1OCCOCCO. The second kappa shape index (κ2) is 7.24. The molecule has 20 heavy (non-hydrogen) atoms. The number of hydrogen-bond acceptors (Lipinski definition) is 4. The van der Waals surface area contributed by atoms with Crippen LogP contribution in [0.15, 0.2) is 36.4 Å². The van der Waals surface area contributed by atoms with Crippen LogP contribution in [0.25, 0.3) is 10.8 Å². The molecule has 0 amide bonds. The van der Waals surface area contributed by atoms with Crippen LogP contribution >= 0.6 is 0 Å². The van der Waals surface area contributed by atoms with E-state index in [9.17, 15) is 0 Å². The van der Waals surface area contributed by atoms with Crippen molar-refractivity contribution in [3.05, 3.63) is 42.0 Å². The molecule has 0 aliphatic heterocycles. The summed E-state index contributed by atoms with van der Waals surface area (Å²) in [6.07, 6.45) is 0. The van der Waals surface area contributed by atoms with Gasteiger partial charge in [-0.1, -0.05) is 36.4 Å². The fraction of sp³-hybridized carbons (Fsp3) is 0.375. The molecule has 0 bridgehead atoms. The van der Waals surface area contributed by atoms with Crippen molar-refractivity contribution in [1.29, 1.82) is 0 Å². The van der Waals surface area contributed by atoms with Gasteiger partial charge >= 0.3 is 0 Å². The molecule has 4 nitrogen and oxygen atoms in total. The van der Waals surface area contributed by atoms with Gasteiger partial charge in [0.1, 0.15) is 12.4 Å². The Morgan fingerprint density at radius 3 is 2.65 bits per heavy atom. The molecule has 0 heterocycles. The Kier molecular flexibility index (Phi) is 5.35. The standard InChI is InChI=1S/C16H21NO3/c1-12(17)14-7-6-13-4-2-3-5-15(13)16(14)20-11-10-19-9-8-18/h2-7,12,18H,8-11,17H2,1H3/t12-/m0/s1. The Morgan fingerprint density at radius 1 is 1.10 bits per heavy atom. The third kappa shape index (κ3) is 3.48. The molecule has 0 aliphatic rings. The van der Waals surface area contributed by atoms with Crippen LogP contribution in [0.2, 0.25) is 0 Å². The van der Waals surface area contributed by atoms with Crippen molar-refractivity contribution in [3.8, 4) is 5.75 Å². The average molecular weight is 275 g/mol. The maximum atomic E-state index is 8.66. The van der Waals surface area contributed by atoms with Crippen LogP contribution in [-0.4, -0.2) is 31.5 Å². The lowest BCUT2D eigenvalue weighted by Crippen LogP contribution is -2.12. The summed E-state index contributed by atoms with van der Waals surface area (Å²) in [6.45, 7) is 3.19. The molecule has 0 saturated heterocycles. The fourth-order valence-electron chi connectivity index (χ4n) is 2.15. The van der Waals surface area contributed by atoms with E-state index in [1.807, 2.05) is 31.2 Å². The van der Waals surface area contributed by atoms with E-state index in [0.29, 0.717) is 19.8 Å². The number of hydrogen-bond donors (Lipinski definition) is 2. The Balaban J connectivity index is 2.21. The lowest BCUT2D eigenvalue weighted by Gasteiger charge is -2.16. The summed E-state index contributed by atoms with van der Waals surface area (Å²) in [5.74, 6) is 0.825. The summed E-state index contributed by atoms with van der Waals surface area (Å²) in [4.78, 5) is 0. The van der Waals surface area contributed by atoms with Crippen molar-refractivity contribution < 1.29 is 14.6 Å². The number of benzene rings is 2. The first kappa shape index (κ1) is 14.8. The maximum Gasteiger partial charge on any atom is 0.131 e. The molecule has 2 aromatic carbocycles. The Labute approximate surface area is 119 Å². The van der Waals surface area contributed by atoms with Gasteiger partial charge in [-0.05, 0) is 12.3 Å². The first-order valence-corrected chi connectivity index (χ1v) is 6.82. The van der Waals surface area contributed by atoms with Crippen LogP contribution in [0.3, 0.4) is 0 Å². The molecule has 0 aliphatic carbocycles. The minimum absolute atomic E-state index is 0.0271. The van der Waals surface area contributed by atoms with Crippen molar-refractivity contribution in [2.75, 3.05) is 26.4 Å². The summed E-state index contributed by atoms with van der Waals surface area (Å²) in [7, 11) is 0. The summed E-state index contributed by atoms with van der Waals surface area (Å²) in [6, 6.07) is 12.1. The highest BCUT2D eigenvalue weighted by Gasteiger charge is 2.12. The predicted octanol–water partition coefficient (Wildman–Crippen LogP) is 2.25. The molecule has 3 N–H and O–H groups in total. The Hall–Kier alpha value is -1.62. The van der Waals surface area contributed by atoms with E-state index in [2.05, 4.69) is 12.1 Å². The summed E-state index contributed by atoms with van der Waals surface area (Å²) < 4.78 is 11.1. The van der Waals surface area contributed by atoms with Crippen molar-refractivity contribution in [2.45, 2.75) is 13.0 Å². The normalized spacial score (nSPS) is 12.6. The van der Waals surface area contributed by atoms with E-state index in [0.717, 1.165) is 22.1 Å². The van der Waals surface area contributed by atoms with Gasteiger partial charge in [0.2, 0.25) is 0 Å². The molecule has 0 fully saturated rings. The van der Waals surface area contributed by atoms with Crippen LogP contribution in [0, 0.1) is 0 Å². The third-order valence-electron chi connectivity index (χ3n) is 3.11. The number of fused-ring (bicyclic) bond motifs is 1. The minimum atomic E-state index is -0.0898. The Bertz CT molecular complexity index is 554. The zero-order valence-corrected chi connectivity index (χ0v) is 11.7. The van der Waals surface area contributed by atoms with Crippen LogP contribution in [0.1, 0.15) is 18.5 Å².